The zero-order valence-corrected chi connectivity index (χ0v) is 13.8. The maximum Gasteiger partial charge on any atom is 0.409 e. The maximum atomic E-state index is 14.2. The summed E-state index contributed by atoms with van der Waals surface area (Å²) in [6.07, 6.45) is 4.16. The number of piperidine rings is 1. The second-order valence-electron chi connectivity index (χ2n) is 5.86. The zero-order chi connectivity index (χ0) is 17.8. The van der Waals surface area contributed by atoms with E-state index in [1.165, 1.54) is 22.8 Å². The lowest BCUT2D eigenvalue weighted by molar-refractivity contribution is -0.121. The van der Waals surface area contributed by atoms with Crippen molar-refractivity contribution in [1.82, 2.24) is 14.7 Å². The standard InChI is InChI=1S/C17H19FN4O3/c1-25-17(24)21-8-2-4-12(11-21)16(23)20-13-5-6-15(14(18)10-13)22-9-3-7-19-22/h3,5-7,9-10,12H,2,4,8,11H2,1H3,(H,20,23)/t12-/m1/s1. The highest BCUT2D eigenvalue weighted by molar-refractivity contribution is 5.93. The Bertz CT molecular complexity index is 763. The molecule has 2 heterocycles. The Morgan fingerprint density at radius 3 is 2.92 bits per heavy atom. The van der Waals surface area contributed by atoms with Crippen LogP contribution in [0, 0.1) is 11.7 Å². The van der Waals surface area contributed by atoms with E-state index in [1.54, 1.807) is 30.6 Å². The number of rotatable bonds is 3. The highest BCUT2D eigenvalue weighted by atomic mass is 19.1. The van der Waals surface area contributed by atoms with Gasteiger partial charge < -0.3 is 15.0 Å². The zero-order valence-electron chi connectivity index (χ0n) is 13.8. The predicted octanol–water partition coefficient (Wildman–Crippen LogP) is 2.43. The third-order valence-electron chi connectivity index (χ3n) is 4.19. The number of hydrogen-bond donors (Lipinski definition) is 1. The Labute approximate surface area is 144 Å². The monoisotopic (exact) mass is 346 g/mol. The fraction of sp³-hybridized carbons (Fsp3) is 0.353. The van der Waals surface area contributed by atoms with Crippen molar-refractivity contribution in [1.29, 1.82) is 0 Å². The summed E-state index contributed by atoms with van der Waals surface area (Å²) in [6.45, 7) is 0.871. The molecule has 0 radical (unpaired) electrons. The molecule has 1 fully saturated rings. The molecule has 1 saturated heterocycles. The number of carbonyl (C=O) groups is 2. The molecule has 1 atom stereocenters. The van der Waals surface area contributed by atoms with E-state index in [9.17, 15) is 14.0 Å². The summed E-state index contributed by atoms with van der Waals surface area (Å²) in [6, 6.07) is 6.14. The molecule has 25 heavy (non-hydrogen) atoms. The third kappa shape index (κ3) is 3.78. The van der Waals surface area contributed by atoms with Crippen LogP contribution in [0.3, 0.4) is 0 Å². The number of hydrogen-bond acceptors (Lipinski definition) is 4. The van der Waals surface area contributed by atoms with Crippen LogP contribution in [0.5, 0.6) is 0 Å². The van der Waals surface area contributed by atoms with Crippen LogP contribution in [0.1, 0.15) is 12.8 Å². The number of halogens is 1. The smallest absolute Gasteiger partial charge is 0.409 e. The van der Waals surface area contributed by atoms with Crippen molar-refractivity contribution >= 4 is 17.7 Å². The minimum atomic E-state index is -0.485. The van der Waals surface area contributed by atoms with Gasteiger partial charge in [-0.3, -0.25) is 4.79 Å². The fourth-order valence-electron chi connectivity index (χ4n) is 2.91. The van der Waals surface area contributed by atoms with Crippen LogP contribution in [-0.2, 0) is 9.53 Å². The average molecular weight is 346 g/mol. The Hall–Kier alpha value is -2.90. The van der Waals surface area contributed by atoms with Gasteiger partial charge in [-0.2, -0.15) is 5.10 Å². The van der Waals surface area contributed by atoms with Crippen LogP contribution in [-0.4, -0.2) is 46.9 Å². The molecule has 0 saturated carbocycles. The van der Waals surface area contributed by atoms with E-state index in [4.69, 9.17) is 4.74 Å². The van der Waals surface area contributed by atoms with Crippen LogP contribution in [0.2, 0.25) is 0 Å². The lowest BCUT2D eigenvalue weighted by Crippen LogP contribution is -2.43. The van der Waals surface area contributed by atoms with Crippen LogP contribution >= 0.6 is 0 Å². The van der Waals surface area contributed by atoms with Gasteiger partial charge in [0.05, 0.1) is 13.0 Å². The molecule has 2 aromatic rings. The van der Waals surface area contributed by atoms with Crippen LogP contribution in [0.4, 0.5) is 14.9 Å². The number of nitrogens with one attached hydrogen (secondary N) is 1. The number of anilines is 1. The summed E-state index contributed by atoms with van der Waals surface area (Å²) in [4.78, 5) is 25.5. The number of aromatic nitrogens is 2. The Kier molecular flexibility index (Phi) is 4.97. The van der Waals surface area contributed by atoms with Gasteiger partial charge in [-0.25, -0.2) is 13.9 Å². The van der Waals surface area contributed by atoms with Crippen molar-refractivity contribution in [3.05, 3.63) is 42.5 Å². The van der Waals surface area contributed by atoms with Gasteiger partial charge in [0.15, 0.2) is 5.82 Å². The quantitative estimate of drug-likeness (QED) is 0.926. The minimum Gasteiger partial charge on any atom is -0.453 e. The Morgan fingerprint density at radius 1 is 1.40 bits per heavy atom. The van der Waals surface area contributed by atoms with E-state index >= 15 is 0 Å². The first-order valence-electron chi connectivity index (χ1n) is 8.02. The number of likely N-dealkylation sites (tertiary alicyclic amines) is 1. The first-order chi connectivity index (χ1) is 12.1. The highest BCUT2D eigenvalue weighted by Gasteiger charge is 2.29. The number of methoxy groups -OCH3 is 1. The molecule has 8 heteroatoms. The van der Waals surface area contributed by atoms with E-state index in [1.807, 2.05) is 0 Å². The topological polar surface area (TPSA) is 76.5 Å². The van der Waals surface area contributed by atoms with Crippen molar-refractivity contribution in [2.24, 2.45) is 5.92 Å². The molecule has 1 aromatic heterocycles. The molecule has 0 spiro atoms. The van der Waals surface area contributed by atoms with Crippen molar-refractivity contribution in [3.8, 4) is 5.69 Å². The summed E-state index contributed by atoms with van der Waals surface area (Å²) in [5, 5.41) is 6.70. The van der Waals surface area contributed by atoms with Crippen LogP contribution in [0.25, 0.3) is 5.69 Å². The van der Waals surface area contributed by atoms with Gasteiger partial charge in [-0.1, -0.05) is 0 Å². The molecule has 2 amide bonds. The second kappa shape index (κ2) is 7.33. The summed E-state index contributed by atoms with van der Waals surface area (Å²) < 4.78 is 20.3. The van der Waals surface area contributed by atoms with E-state index in [0.717, 1.165) is 6.42 Å². The Morgan fingerprint density at radius 2 is 2.24 bits per heavy atom. The lowest BCUT2D eigenvalue weighted by Gasteiger charge is -2.30. The summed E-state index contributed by atoms with van der Waals surface area (Å²) in [5.74, 6) is -1.07. The van der Waals surface area contributed by atoms with Gasteiger partial charge >= 0.3 is 6.09 Å². The molecular weight excluding hydrogens is 327 g/mol. The van der Waals surface area contributed by atoms with Gasteiger partial charge in [0, 0.05) is 31.2 Å². The molecule has 1 aliphatic heterocycles. The molecule has 1 N–H and O–H groups in total. The number of amides is 2. The number of carbonyl (C=O) groups excluding carboxylic acids is 2. The maximum absolute atomic E-state index is 14.2. The van der Waals surface area contributed by atoms with Crippen LogP contribution in [0.15, 0.2) is 36.7 Å². The summed E-state index contributed by atoms with van der Waals surface area (Å²) in [5.41, 5.74) is 0.672. The molecule has 0 unspecified atom stereocenters. The minimum absolute atomic E-state index is 0.236. The highest BCUT2D eigenvalue weighted by Crippen LogP contribution is 2.21. The average Bonchev–Trinajstić information content (AvgIpc) is 3.15. The van der Waals surface area contributed by atoms with Gasteiger partial charge in [-0.05, 0) is 37.1 Å². The first-order valence-corrected chi connectivity index (χ1v) is 8.02. The normalized spacial score (nSPS) is 17.2. The van der Waals surface area contributed by atoms with Gasteiger partial charge in [-0.15, -0.1) is 0 Å². The molecule has 0 bridgehead atoms. The number of benzene rings is 1. The molecular formula is C17H19FN4O3. The molecule has 1 aliphatic rings. The van der Waals surface area contributed by atoms with Gasteiger partial charge in [0.2, 0.25) is 5.91 Å². The number of ether oxygens (including phenoxy) is 1. The van der Waals surface area contributed by atoms with Crippen LogP contribution < -0.4 is 5.32 Å². The second-order valence-corrected chi connectivity index (χ2v) is 5.86. The Balaban J connectivity index is 1.66. The van der Waals surface area contributed by atoms with Crippen molar-refractivity contribution < 1.29 is 18.7 Å². The molecule has 7 nitrogen and oxygen atoms in total. The molecule has 3 rings (SSSR count). The molecule has 132 valence electrons. The van der Waals surface area contributed by atoms with E-state index in [2.05, 4.69) is 10.4 Å². The van der Waals surface area contributed by atoms with E-state index in [0.29, 0.717) is 30.9 Å². The fourth-order valence-corrected chi connectivity index (χ4v) is 2.91. The van der Waals surface area contributed by atoms with Crippen molar-refractivity contribution in [3.63, 3.8) is 0 Å². The largest absolute Gasteiger partial charge is 0.453 e. The van der Waals surface area contributed by atoms with Crippen molar-refractivity contribution in [2.45, 2.75) is 12.8 Å². The number of nitrogens with zero attached hydrogens (tertiary/aromatic N) is 3. The van der Waals surface area contributed by atoms with Gasteiger partial charge in [0.25, 0.3) is 0 Å². The van der Waals surface area contributed by atoms with Crippen molar-refractivity contribution in [2.75, 3.05) is 25.5 Å². The van der Waals surface area contributed by atoms with Gasteiger partial charge in [0.1, 0.15) is 5.69 Å². The summed E-state index contributed by atoms with van der Waals surface area (Å²) in [7, 11) is 1.32. The first kappa shape index (κ1) is 16.9. The molecule has 1 aromatic carbocycles. The summed E-state index contributed by atoms with van der Waals surface area (Å²) >= 11 is 0. The van der Waals surface area contributed by atoms with E-state index < -0.39 is 11.9 Å². The third-order valence-corrected chi connectivity index (χ3v) is 4.19. The SMILES string of the molecule is COC(=O)N1CCC[C@@H](C(=O)Nc2ccc(-n3cccn3)c(F)c2)C1. The van der Waals surface area contributed by atoms with E-state index in [-0.39, 0.29) is 11.8 Å². The molecule has 0 aliphatic carbocycles. The predicted molar refractivity (Wildman–Crippen MR) is 88.9 cm³/mol. The lowest BCUT2D eigenvalue weighted by atomic mass is 9.97.